The van der Waals surface area contributed by atoms with Gasteiger partial charge in [-0.05, 0) is 44.7 Å². The van der Waals surface area contributed by atoms with Crippen molar-refractivity contribution >= 4 is 5.91 Å². The van der Waals surface area contributed by atoms with Crippen LogP contribution in [0.1, 0.15) is 42.6 Å². The number of carbonyl (C=O) groups excluding carboxylic acids is 1. The zero-order chi connectivity index (χ0) is 13.9. The number of hydrogen-bond acceptors (Lipinski definition) is 2. The molecule has 0 aliphatic carbocycles. The first-order valence-electron chi connectivity index (χ1n) is 6.82. The highest BCUT2D eigenvalue weighted by Crippen LogP contribution is 2.23. The van der Waals surface area contributed by atoms with Crippen molar-refractivity contribution in [3.8, 4) is 6.07 Å². The normalized spacial score (nSPS) is 15.0. The first-order chi connectivity index (χ1) is 9.03. The third-order valence-corrected chi connectivity index (χ3v) is 3.72. The van der Waals surface area contributed by atoms with Crippen molar-refractivity contribution in [1.29, 1.82) is 5.26 Å². The first-order valence-corrected chi connectivity index (χ1v) is 6.82. The van der Waals surface area contributed by atoms with E-state index in [4.69, 9.17) is 5.26 Å². The van der Waals surface area contributed by atoms with E-state index < -0.39 is 0 Å². The zero-order valence-corrected chi connectivity index (χ0v) is 11.6. The van der Waals surface area contributed by atoms with Crippen LogP contribution in [0, 0.1) is 16.7 Å². The van der Waals surface area contributed by atoms with E-state index in [0.29, 0.717) is 0 Å². The molecular formula is C16H20N2O. The molecule has 0 saturated carbocycles. The SMILES string of the molecule is CC(C)(C#N)CCCN1CCc2ccccc2C1=O. The maximum Gasteiger partial charge on any atom is 0.254 e. The first kappa shape index (κ1) is 13.6. The molecule has 19 heavy (non-hydrogen) atoms. The molecule has 0 bridgehead atoms. The Labute approximate surface area is 114 Å². The van der Waals surface area contributed by atoms with Gasteiger partial charge in [-0.25, -0.2) is 0 Å². The minimum atomic E-state index is -0.295. The fourth-order valence-corrected chi connectivity index (χ4v) is 2.46. The number of fused-ring (bicyclic) bond motifs is 1. The Kier molecular flexibility index (Phi) is 3.90. The van der Waals surface area contributed by atoms with E-state index in [1.807, 2.05) is 43.0 Å². The van der Waals surface area contributed by atoms with Crippen molar-refractivity contribution < 1.29 is 4.79 Å². The predicted octanol–water partition coefficient (Wildman–Crippen LogP) is 3.01. The lowest BCUT2D eigenvalue weighted by atomic mass is 9.89. The van der Waals surface area contributed by atoms with Gasteiger partial charge in [-0.2, -0.15) is 5.26 Å². The molecule has 0 aromatic heterocycles. The van der Waals surface area contributed by atoms with Crippen molar-refractivity contribution in [3.05, 3.63) is 35.4 Å². The van der Waals surface area contributed by atoms with Crippen LogP contribution >= 0.6 is 0 Å². The van der Waals surface area contributed by atoms with Gasteiger partial charge >= 0.3 is 0 Å². The second kappa shape index (κ2) is 5.44. The van der Waals surface area contributed by atoms with Crippen LogP contribution in [0.25, 0.3) is 0 Å². The molecule has 3 heteroatoms. The molecule has 0 fully saturated rings. The monoisotopic (exact) mass is 256 g/mol. The summed E-state index contributed by atoms with van der Waals surface area (Å²) in [5.41, 5.74) is 1.70. The van der Waals surface area contributed by atoms with E-state index in [9.17, 15) is 4.79 Å². The van der Waals surface area contributed by atoms with Crippen molar-refractivity contribution in [3.63, 3.8) is 0 Å². The fraction of sp³-hybridized carbons (Fsp3) is 0.500. The Hall–Kier alpha value is -1.82. The Bertz CT molecular complexity index is 514. The summed E-state index contributed by atoms with van der Waals surface area (Å²) in [5, 5.41) is 8.98. The Morgan fingerprint density at radius 3 is 2.84 bits per heavy atom. The second-order valence-corrected chi connectivity index (χ2v) is 5.80. The van der Waals surface area contributed by atoms with E-state index in [-0.39, 0.29) is 11.3 Å². The van der Waals surface area contributed by atoms with Crippen molar-refractivity contribution in [2.75, 3.05) is 13.1 Å². The lowest BCUT2D eigenvalue weighted by molar-refractivity contribution is 0.0733. The van der Waals surface area contributed by atoms with E-state index in [2.05, 4.69) is 6.07 Å². The number of hydrogen-bond donors (Lipinski definition) is 0. The van der Waals surface area contributed by atoms with Gasteiger partial charge in [0.1, 0.15) is 0 Å². The highest BCUT2D eigenvalue weighted by molar-refractivity contribution is 5.96. The molecule has 1 aliphatic rings. The molecule has 3 nitrogen and oxygen atoms in total. The minimum Gasteiger partial charge on any atom is -0.338 e. The fourth-order valence-electron chi connectivity index (χ4n) is 2.46. The average Bonchev–Trinajstić information content (AvgIpc) is 2.42. The van der Waals surface area contributed by atoms with E-state index in [1.54, 1.807) is 0 Å². The summed E-state index contributed by atoms with van der Waals surface area (Å²) >= 11 is 0. The van der Waals surface area contributed by atoms with Gasteiger partial charge in [0.2, 0.25) is 0 Å². The molecule has 0 radical (unpaired) electrons. The van der Waals surface area contributed by atoms with Gasteiger partial charge in [0, 0.05) is 18.7 Å². The van der Waals surface area contributed by atoms with Gasteiger partial charge in [-0.1, -0.05) is 18.2 Å². The zero-order valence-electron chi connectivity index (χ0n) is 11.6. The highest BCUT2D eigenvalue weighted by Gasteiger charge is 2.24. The number of rotatable bonds is 4. The molecule has 2 rings (SSSR count). The Morgan fingerprint density at radius 1 is 1.37 bits per heavy atom. The molecule has 1 aliphatic heterocycles. The lowest BCUT2D eigenvalue weighted by Gasteiger charge is -2.29. The molecule has 0 saturated heterocycles. The third-order valence-electron chi connectivity index (χ3n) is 3.72. The molecule has 0 N–H and O–H groups in total. The smallest absolute Gasteiger partial charge is 0.254 e. The van der Waals surface area contributed by atoms with Crippen molar-refractivity contribution in [2.45, 2.75) is 33.1 Å². The van der Waals surface area contributed by atoms with Gasteiger partial charge in [0.05, 0.1) is 11.5 Å². The molecule has 1 aromatic carbocycles. The molecule has 0 spiro atoms. The van der Waals surface area contributed by atoms with Crippen LogP contribution in [0.3, 0.4) is 0 Å². The van der Waals surface area contributed by atoms with Crippen molar-refractivity contribution in [1.82, 2.24) is 4.90 Å². The van der Waals surface area contributed by atoms with Gasteiger partial charge in [-0.3, -0.25) is 4.79 Å². The maximum absolute atomic E-state index is 12.3. The van der Waals surface area contributed by atoms with E-state index >= 15 is 0 Å². The molecule has 100 valence electrons. The topological polar surface area (TPSA) is 44.1 Å². The van der Waals surface area contributed by atoms with E-state index in [0.717, 1.165) is 43.5 Å². The van der Waals surface area contributed by atoms with Crippen LogP contribution in [-0.4, -0.2) is 23.9 Å². The maximum atomic E-state index is 12.3. The molecular weight excluding hydrogens is 236 g/mol. The summed E-state index contributed by atoms with van der Waals surface area (Å²) in [5.74, 6) is 0.136. The molecule has 1 amide bonds. The van der Waals surface area contributed by atoms with Crippen LogP contribution in [0.2, 0.25) is 0 Å². The van der Waals surface area contributed by atoms with Crippen LogP contribution in [-0.2, 0) is 6.42 Å². The highest BCUT2D eigenvalue weighted by atomic mass is 16.2. The van der Waals surface area contributed by atoms with Crippen LogP contribution in [0.5, 0.6) is 0 Å². The summed E-state index contributed by atoms with van der Waals surface area (Å²) in [6.07, 6.45) is 2.65. The Morgan fingerprint density at radius 2 is 2.11 bits per heavy atom. The average molecular weight is 256 g/mol. The van der Waals surface area contributed by atoms with Crippen LogP contribution in [0.15, 0.2) is 24.3 Å². The summed E-state index contributed by atoms with van der Waals surface area (Å²) in [6.45, 7) is 5.43. The number of nitrogens with zero attached hydrogens (tertiary/aromatic N) is 2. The molecule has 1 aromatic rings. The number of amides is 1. The van der Waals surface area contributed by atoms with Gasteiger partial charge in [0.15, 0.2) is 0 Å². The van der Waals surface area contributed by atoms with Gasteiger partial charge in [0.25, 0.3) is 5.91 Å². The molecule has 1 heterocycles. The van der Waals surface area contributed by atoms with Gasteiger partial charge < -0.3 is 4.90 Å². The summed E-state index contributed by atoms with van der Waals surface area (Å²) in [4.78, 5) is 14.2. The molecule has 0 atom stereocenters. The second-order valence-electron chi connectivity index (χ2n) is 5.80. The van der Waals surface area contributed by atoms with Crippen LogP contribution in [0.4, 0.5) is 0 Å². The third kappa shape index (κ3) is 3.14. The summed E-state index contributed by atoms with van der Waals surface area (Å²) in [6, 6.07) is 10.1. The number of benzene rings is 1. The molecule has 0 unspecified atom stereocenters. The quantitative estimate of drug-likeness (QED) is 0.831. The van der Waals surface area contributed by atoms with Gasteiger partial charge in [-0.15, -0.1) is 0 Å². The summed E-state index contributed by atoms with van der Waals surface area (Å²) in [7, 11) is 0. The number of carbonyl (C=O) groups is 1. The summed E-state index contributed by atoms with van der Waals surface area (Å²) < 4.78 is 0. The predicted molar refractivity (Wildman–Crippen MR) is 74.7 cm³/mol. The van der Waals surface area contributed by atoms with E-state index in [1.165, 1.54) is 0 Å². The number of nitriles is 1. The van der Waals surface area contributed by atoms with Crippen LogP contribution < -0.4 is 0 Å². The van der Waals surface area contributed by atoms with Crippen molar-refractivity contribution in [2.24, 2.45) is 5.41 Å². The minimum absolute atomic E-state index is 0.136. The standard InChI is InChI=1S/C16H20N2O/c1-16(2,12-17)9-5-10-18-11-8-13-6-3-4-7-14(13)15(18)19/h3-4,6-7H,5,8-11H2,1-2H3. The lowest BCUT2D eigenvalue weighted by Crippen LogP contribution is -2.38. The largest absolute Gasteiger partial charge is 0.338 e. The Balaban J connectivity index is 1.94.